The number of phenols is 1. The molecule has 5 rings (SSSR count). The van der Waals surface area contributed by atoms with E-state index in [0.717, 1.165) is 5.56 Å². The number of β-lactam (4-membered cyclic amide) rings is 1. The minimum Gasteiger partial charge on any atom is -0.508 e. The van der Waals surface area contributed by atoms with Gasteiger partial charge in [0.2, 0.25) is 5.91 Å². The van der Waals surface area contributed by atoms with Gasteiger partial charge in [0.25, 0.3) is 10.1 Å². The Morgan fingerprint density at radius 2 is 1.47 bits per heavy atom. The molecule has 4 aromatic carbocycles. The molecule has 1 fully saturated rings. The number of aliphatic hydroxyl groups excluding tert-OH is 1. The highest BCUT2D eigenvalue weighted by Gasteiger charge is 2.49. The van der Waals surface area contributed by atoms with Crippen LogP contribution < -0.4 is 4.90 Å². The van der Waals surface area contributed by atoms with Crippen LogP contribution in [0.25, 0.3) is 11.1 Å². The molecule has 7 nitrogen and oxygen atoms in total. The van der Waals surface area contributed by atoms with E-state index in [1.165, 1.54) is 18.2 Å². The monoisotopic (exact) mass is 529 g/mol. The van der Waals surface area contributed by atoms with Crippen molar-refractivity contribution >= 4 is 21.7 Å². The maximum absolute atomic E-state index is 13.3. The van der Waals surface area contributed by atoms with Gasteiger partial charge in [-0.15, -0.1) is 0 Å². The Morgan fingerprint density at radius 3 is 2.13 bits per heavy atom. The number of aliphatic hydroxyl groups is 1. The Hall–Kier alpha value is -3.98. The fourth-order valence-corrected chi connectivity index (χ4v) is 5.85. The molecular weight excluding hydrogens is 502 g/mol. The molecule has 3 N–H and O–H groups in total. The van der Waals surface area contributed by atoms with Crippen LogP contribution in [0.2, 0.25) is 0 Å². The summed E-state index contributed by atoms with van der Waals surface area (Å²) in [6.45, 7) is 0. The predicted octanol–water partition coefficient (Wildman–Crippen LogP) is 5.52. The van der Waals surface area contributed by atoms with Gasteiger partial charge in [0.05, 0.1) is 18.1 Å². The van der Waals surface area contributed by atoms with E-state index < -0.39 is 28.2 Å². The molecule has 38 heavy (non-hydrogen) atoms. The first-order valence-corrected chi connectivity index (χ1v) is 13.7. The minimum atomic E-state index is -4.47. The normalized spacial score (nSPS) is 18.2. The van der Waals surface area contributed by atoms with Crippen molar-refractivity contribution in [1.82, 2.24) is 0 Å². The molecule has 1 aliphatic rings. The molecule has 194 valence electrons. The molecule has 0 aromatic heterocycles. The smallest absolute Gasteiger partial charge is 0.295 e. The van der Waals surface area contributed by atoms with E-state index >= 15 is 0 Å². The molecule has 1 amide bonds. The number of carbonyl (C=O) groups excluding carboxylic acids is 1. The lowest BCUT2D eigenvalue weighted by Gasteiger charge is -2.48. The third-order valence-electron chi connectivity index (χ3n) is 7.01. The standard InChI is InChI=1S/C30H27NO6S/c32-26(20-9-3-1-4-10-20)18-17-25-29(31(30(25)34)22-11-5-2-6-12-22)24-16-15-21(19-27(24)33)23-13-7-8-14-28(23)38(35,36)37/h1-16,19,25-26,29,32-33H,17-18H2,(H,35,36,37). The Balaban J connectivity index is 1.48. The highest BCUT2D eigenvalue weighted by molar-refractivity contribution is 7.86. The average molecular weight is 530 g/mol. The van der Waals surface area contributed by atoms with Crippen molar-refractivity contribution in [3.63, 3.8) is 0 Å². The van der Waals surface area contributed by atoms with Crippen LogP contribution in [0, 0.1) is 5.92 Å². The second-order valence-electron chi connectivity index (χ2n) is 9.34. The van der Waals surface area contributed by atoms with Crippen LogP contribution in [0.1, 0.15) is 36.1 Å². The van der Waals surface area contributed by atoms with E-state index in [-0.39, 0.29) is 22.1 Å². The van der Waals surface area contributed by atoms with Gasteiger partial charge in [-0.3, -0.25) is 9.35 Å². The number of anilines is 1. The van der Waals surface area contributed by atoms with Gasteiger partial charge in [-0.05, 0) is 48.2 Å². The fraction of sp³-hybridized carbons (Fsp3) is 0.167. The fourth-order valence-electron chi connectivity index (χ4n) is 5.13. The number of phenolic OH excluding ortho intramolecular Hbond substituents is 1. The van der Waals surface area contributed by atoms with Crippen LogP contribution in [0.5, 0.6) is 5.75 Å². The number of hydrogen-bond donors (Lipinski definition) is 3. The van der Waals surface area contributed by atoms with Gasteiger partial charge in [-0.1, -0.05) is 78.9 Å². The SMILES string of the molecule is O=C1C(CCC(O)c2ccccc2)C(c2ccc(-c3ccccc3S(=O)(=O)O)cc2O)N1c1ccccc1. The summed E-state index contributed by atoms with van der Waals surface area (Å²) in [4.78, 5) is 14.7. The van der Waals surface area contributed by atoms with Crippen molar-refractivity contribution in [3.05, 3.63) is 114 Å². The lowest BCUT2D eigenvalue weighted by Crippen LogP contribution is -2.55. The van der Waals surface area contributed by atoms with Gasteiger partial charge in [0, 0.05) is 16.8 Å². The molecular formula is C30H27NO6S. The summed E-state index contributed by atoms with van der Waals surface area (Å²) in [5.41, 5.74) is 2.65. The van der Waals surface area contributed by atoms with Crippen molar-refractivity contribution in [3.8, 4) is 16.9 Å². The van der Waals surface area contributed by atoms with Gasteiger partial charge < -0.3 is 15.1 Å². The van der Waals surface area contributed by atoms with Gasteiger partial charge >= 0.3 is 0 Å². The summed E-state index contributed by atoms with van der Waals surface area (Å²) in [7, 11) is -4.47. The van der Waals surface area contributed by atoms with Gasteiger partial charge in [0.15, 0.2) is 0 Å². The second-order valence-corrected chi connectivity index (χ2v) is 10.7. The zero-order valence-corrected chi connectivity index (χ0v) is 21.2. The predicted molar refractivity (Wildman–Crippen MR) is 144 cm³/mol. The summed E-state index contributed by atoms with van der Waals surface area (Å²) in [5.74, 6) is -0.656. The van der Waals surface area contributed by atoms with Gasteiger partial charge in [-0.25, -0.2) is 0 Å². The Bertz CT molecular complexity index is 1560. The molecule has 4 aromatic rings. The lowest BCUT2D eigenvalue weighted by atomic mass is 9.77. The van der Waals surface area contributed by atoms with E-state index in [9.17, 15) is 28.0 Å². The van der Waals surface area contributed by atoms with Gasteiger partial charge in [0.1, 0.15) is 10.6 Å². The Kier molecular flexibility index (Phi) is 7.03. The Labute approximate surface area is 221 Å². The summed E-state index contributed by atoms with van der Waals surface area (Å²) >= 11 is 0. The molecule has 1 aliphatic heterocycles. The molecule has 0 aliphatic carbocycles. The van der Waals surface area contributed by atoms with Crippen LogP contribution in [-0.4, -0.2) is 29.1 Å². The summed E-state index contributed by atoms with van der Waals surface area (Å²) in [6.07, 6.45) is 0.0684. The van der Waals surface area contributed by atoms with Crippen molar-refractivity contribution in [2.75, 3.05) is 4.90 Å². The zero-order chi connectivity index (χ0) is 26.9. The Morgan fingerprint density at radius 1 is 0.842 bits per heavy atom. The third-order valence-corrected chi connectivity index (χ3v) is 7.92. The summed E-state index contributed by atoms with van der Waals surface area (Å²) in [6, 6.07) is 28.8. The van der Waals surface area contributed by atoms with E-state index in [1.807, 2.05) is 60.7 Å². The first-order valence-electron chi connectivity index (χ1n) is 12.3. The summed E-state index contributed by atoms with van der Waals surface area (Å²) < 4.78 is 33.4. The number of hydrogen-bond acceptors (Lipinski definition) is 5. The number of carbonyl (C=O) groups is 1. The van der Waals surface area contributed by atoms with E-state index in [4.69, 9.17) is 0 Å². The molecule has 0 spiro atoms. The highest BCUT2D eigenvalue weighted by atomic mass is 32.2. The van der Waals surface area contributed by atoms with E-state index in [1.54, 1.807) is 29.2 Å². The van der Waals surface area contributed by atoms with Crippen molar-refractivity contribution in [1.29, 1.82) is 0 Å². The van der Waals surface area contributed by atoms with Crippen LogP contribution in [0.3, 0.4) is 0 Å². The molecule has 3 atom stereocenters. The third kappa shape index (κ3) is 4.93. The van der Waals surface area contributed by atoms with Crippen molar-refractivity contribution < 1.29 is 28.0 Å². The summed E-state index contributed by atoms with van der Waals surface area (Å²) in [5, 5.41) is 21.8. The number of rotatable bonds is 8. The first-order chi connectivity index (χ1) is 18.3. The number of aromatic hydroxyl groups is 1. The second kappa shape index (κ2) is 10.4. The number of amides is 1. The zero-order valence-electron chi connectivity index (χ0n) is 20.4. The molecule has 1 heterocycles. The van der Waals surface area contributed by atoms with Crippen LogP contribution in [0.4, 0.5) is 5.69 Å². The van der Waals surface area contributed by atoms with Gasteiger partial charge in [-0.2, -0.15) is 8.42 Å². The largest absolute Gasteiger partial charge is 0.508 e. The lowest BCUT2D eigenvalue weighted by molar-refractivity contribution is -0.131. The highest BCUT2D eigenvalue weighted by Crippen LogP contribution is 2.49. The molecule has 0 saturated carbocycles. The molecule has 0 bridgehead atoms. The molecule has 1 saturated heterocycles. The number of para-hydroxylation sites is 1. The number of nitrogens with zero attached hydrogens (tertiary/aromatic N) is 1. The molecule has 3 unspecified atom stereocenters. The van der Waals surface area contributed by atoms with Crippen LogP contribution in [0.15, 0.2) is 108 Å². The maximum Gasteiger partial charge on any atom is 0.295 e. The topological polar surface area (TPSA) is 115 Å². The minimum absolute atomic E-state index is 0.0957. The quantitative estimate of drug-likeness (QED) is 0.204. The molecule has 8 heteroatoms. The van der Waals surface area contributed by atoms with Crippen molar-refractivity contribution in [2.24, 2.45) is 5.92 Å². The van der Waals surface area contributed by atoms with E-state index in [2.05, 4.69) is 0 Å². The van der Waals surface area contributed by atoms with E-state index in [0.29, 0.717) is 29.7 Å². The van der Waals surface area contributed by atoms with Crippen LogP contribution in [-0.2, 0) is 14.9 Å². The molecule has 0 radical (unpaired) electrons. The average Bonchev–Trinajstić information content (AvgIpc) is 2.92. The number of benzene rings is 4. The first kappa shape index (κ1) is 25.7. The van der Waals surface area contributed by atoms with Crippen LogP contribution >= 0.6 is 0 Å². The maximum atomic E-state index is 13.3. The van der Waals surface area contributed by atoms with Crippen molar-refractivity contribution in [2.45, 2.75) is 29.9 Å².